The lowest BCUT2D eigenvalue weighted by molar-refractivity contribution is -0.140. The van der Waals surface area contributed by atoms with E-state index in [1.165, 1.54) is 16.8 Å². The van der Waals surface area contributed by atoms with Gasteiger partial charge in [0.05, 0.1) is 78.3 Å². The Bertz CT molecular complexity index is 2400. The number of nitrogens with zero attached hydrogens (tertiary/aromatic N) is 5. The lowest BCUT2D eigenvalue weighted by atomic mass is 10.0. The number of carboxylic acids is 3. The van der Waals surface area contributed by atoms with Crippen LogP contribution in [0.25, 0.3) is 0 Å². The molecule has 3 aromatic rings. The van der Waals surface area contributed by atoms with E-state index < -0.39 is 47.9 Å². The van der Waals surface area contributed by atoms with Crippen molar-refractivity contribution in [3.8, 4) is 17.2 Å². The standard InChI is InChI=1S/C49H69ClN8O18/c1-34-28-58(29-37-38(50)6-3-7-40(37)75-21-18-60)48(70)46(53-49(71)52-39(27-42(62)63)35-4-2-5-36(26-35)74-20-17-59)47(34)76-25-24-73-23-22-72-19-8-51-41(61)30-54-9-11-55(31-43(64)65)13-15-57(33-45(68)69)16-14-56(12-10-54)32-44(66)67/h2-7,26,28,39,59-60H,8-25,27,29-33H2,1H3,(H,51,61)(H,62,63)(H,64,65)(H,66,67)(H,68,69)(H2,52,53,71)/p+1/t39-/m0/s1. The number of aliphatic hydroxyl groups excluding tert-OH is 2. The number of hydrogen-bond donors (Lipinski definition) is 8. The Kier molecular flexibility index (Phi) is 27.2. The molecule has 0 saturated carbocycles. The van der Waals surface area contributed by atoms with Gasteiger partial charge < -0.3 is 74.8 Å². The summed E-state index contributed by atoms with van der Waals surface area (Å²) >= 11 is 6.55. The van der Waals surface area contributed by atoms with Crippen LogP contribution in [0.1, 0.15) is 29.2 Å². The molecular weight excluding hydrogens is 1020 g/mol. The van der Waals surface area contributed by atoms with E-state index in [-0.39, 0.29) is 160 Å². The summed E-state index contributed by atoms with van der Waals surface area (Å²) in [6, 6.07) is 9.19. The van der Waals surface area contributed by atoms with Crippen LogP contribution in [0.15, 0.2) is 53.5 Å². The van der Waals surface area contributed by atoms with Crippen molar-refractivity contribution in [2.24, 2.45) is 0 Å². The Morgan fingerprint density at radius 2 is 1.26 bits per heavy atom. The number of carboxylic acid groups (broad SMARTS) is 3. The minimum absolute atomic E-state index is 0.00589. The number of ether oxygens (including phenoxy) is 5. The van der Waals surface area contributed by atoms with E-state index in [0.29, 0.717) is 41.3 Å². The third kappa shape index (κ3) is 22.7. The van der Waals surface area contributed by atoms with E-state index in [0.717, 1.165) is 0 Å². The number of aromatic nitrogens is 1. The number of aliphatic carboxylic acids is 3. The molecule has 420 valence electrons. The van der Waals surface area contributed by atoms with E-state index in [9.17, 15) is 59.1 Å². The summed E-state index contributed by atoms with van der Waals surface area (Å²) in [7, 11) is 0. The largest absolute Gasteiger partial charge is 0.564 e. The van der Waals surface area contributed by atoms with E-state index in [1.807, 2.05) is 4.90 Å². The predicted molar refractivity (Wildman–Crippen MR) is 275 cm³/mol. The van der Waals surface area contributed by atoms with Crippen molar-refractivity contribution >= 4 is 53.1 Å². The van der Waals surface area contributed by atoms with Gasteiger partial charge in [0.1, 0.15) is 31.3 Å². The fraction of sp³-hybridized carbons (Fsp3) is 0.531. The Morgan fingerprint density at radius 1 is 0.697 bits per heavy atom. The molecule has 0 radical (unpaired) electrons. The Morgan fingerprint density at radius 3 is 1.86 bits per heavy atom. The van der Waals surface area contributed by atoms with Crippen LogP contribution >= 0.6 is 11.6 Å². The second-order valence-electron chi connectivity index (χ2n) is 17.4. The number of pyridine rings is 1. The molecule has 1 aliphatic rings. The van der Waals surface area contributed by atoms with Crippen LogP contribution in [0.2, 0.25) is 5.02 Å². The fourth-order valence-electron chi connectivity index (χ4n) is 7.92. The van der Waals surface area contributed by atoms with Gasteiger partial charge in [-0.05, 0) is 36.8 Å². The average Bonchev–Trinajstić information content (AvgIpc) is 3.36. The highest BCUT2D eigenvalue weighted by Crippen LogP contribution is 2.30. The van der Waals surface area contributed by atoms with Crippen molar-refractivity contribution in [1.29, 1.82) is 0 Å². The summed E-state index contributed by atoms with van der Waals surface area (Å²) in [5.74, 6) is -3.79. The first kappa shape index (κ1) is 61.9. The van der Waals surface area contributed by atoms with Gasteiger partial charge in [-0.1, -0.05) is 29.8 Å². The highest BCUT2D eigenvalue weighted by Gasteiger charge is 2.25. The Labute approximate surface area is 443 Å². The summed E-state index contributed by atoms with van der Waals surface area (Å²) in [4.78, 5) is 94.6. The van der Waals surface area contributed by atoms with Crippen molar-refractivity contribution in [3.05, 3.63) is 80.7 Å². The van der Waals surface area contributed by atoms with Crippen LogP contribution in [0.5, 0.6) is 17.2 Å². The molecule has 4 rings (SSSR count). The molecule has 1 aliphatic heterocycles. The zero-order chi connectivity index (χ0) is 55.4. The van der Waals surface area contributed by atoms with Crippen LogP contribution in [0.4, 0.5) is 10.5 Å². The maximum Gasteiger partial charge on any atom is 0.530 e. The molecule has 26 nitrogen and oxygen atoms in total. The number of aryl methyl sites for hydroxylation is 1. The number of hydrogen-bond acceptors (Lipinski definition) is 18. The second-order valence-corrected chi connectivity index (χ2v) is 17.8. The predicted octanol–water partition coefficient (Wildman–Crippen LogP) is -0.892. The molecule has 10 N–H and O–H groups in total. The molecule has 2 aromatic carbocycles. The van der Waals surface area contributed by atoms with E-state index in [2.05, 4.69) is 16.0 Å². The summed E-state index contributed by atoms with van der Waals surface area (Å²) in [6.45, 7) is 2.94. The molecule has 2 heterocycles. The molecule has 0 aliphatic carbocycles. The van der Waals surface area contributed by atoms with Gasteiger partial charge in [0.15, 0.2) is 18.0 Å². The number of anilines is 1. The van der Waals surface area contributed by atoms with Crippen molar-refractivity contribution in [3.63, 3.8) is 0 Å². The SMILES string of the molecule is Cc1cn(Cc2c(Cl)cccc2OCCO)c(=O)c(NC(=O)N[C@@H](CC(=O)O)c2cccc(OCCO)c2)c1OCCOCCOCCNC(=O)CN1CCN(CC(=O)O)CCN(CC(=O)[OH2+])CCN(CC(=O)O)CC1. The molecule has 0 bridgehead atoms. The zero-order valence-electron chi connectivity index (χ0n) is 42.4. The molecule has 0 spiro atoms. The number of aliphatic hydroxyl groups is 2. The van der Waals surface area contributed by atoms with Crippen LogP contribution < -0.4 is 35.7 Å². The minimum atomic E-state index is -1.22. The third-order valence-electron chi connectivity index (χ3n) is 11.5. The van der Waals surface area contributed by atoms with Gasteiger partial charge in [-0.2, -0.15) is 0 Å². The van der Waals surface area contributed by atoms with Crippen LogP contribution in [-0.2, 0) is 40.0 Å². The van der Waals surface area contributed by atoms with Gasteiger partial charge in [0, 0.05) is 86.0 Å². The van der Waals surface area contributed by atoms with E-state index in [4.69, 9.17) is 40.4 Å². The van der Waals surface area contributed by atoms with Crippen LogP contribution in [-0.4, -0.2) is 235 Å². The smallest absolute Gasteiger partial charge is 0.530 e. The molecule has 3 amide bonds. The number of carbonyl (C=O) groups excluding carboxylic acids is 3. The summed E-state index contributed by atoms with van der Waals surface area (Å²) in [6.07, 6.45) is 0.972. The van der Waals surface area contributed by atoms with Gasteiger partial charge in [0.2, 0.25) is 5.91 Å². The maximum atomic E-state index is 14.2. The van der Waals surface area contributed by atoms with Gasteiger partial charge in [-0.3, -0.25) is 43.6 Å². The Hall–Kier alpha value is -6.62. The van der Waals surface area contributed by atoms with Crippen LogP contribution in [0, 0.1) is 6.92 Å². The van der Waals surface area contributed by atoms with Crippen LogP contribution in [0.3, 0.4) is 0 Å². The first-order chi connectivity index (χ1) is 36.5. The number of halogens is 1. The molecule has 27 heteroatoms. The normalized spacial score (nSPS) is 14.6. The van der Waals surface area contributed by atoms with E-state index in [1.54, 1.807) is 58.0 Å². The highest BCUT2D eigenvalue weighted by molar-refractivity contribution is 6.31. The number of urea groups is 1. The summed E-state index contributed by atoms with van der Waals surface area (Å²) in [5.41, 5.74) is 0.220. The molecular formula is C49H70ClN8O18+. The van der Waals surface area contributed by atoms with Gasteiger partial charge >= 0.3 is 29.9 Å². The third-order valence-corrected chi connectivity index (χ3v) is 11.9. The topological polar surface area (TPSA) is 344 Å². The summed E-state index contributed by atoms with van der Waals surface area (Å²) < 4.78 is 29.8. The van der Waals surface area contributed by atoms with Gasteiger partial charge in [-0.25, -0.2) is 4.79 Å². The lowest BCUT2D eigenvalue weighted by Gasteiger charge is -2.32. The maximum absolute atomic E-state index is 14.2. The van der Waals surface area contributed by atoms with Crippen molar-refractivity contribution in [2.45, 2.75) is 25.9 Å². The summed E-state index contributed by atoms with van der Waals surface area (Å²) in [5, 5.41) is 62.9. The minimum Gasteiger partial charge on any atom is -0.564 e. The monoisotopic (exact) mass is 1090 g/mol. The zero-order valence-corrected chi connectivity index (χ0v) is 43.2. The highest BCUT2D eigenvalue weighted by atomic mass is 35.5. The van der Waals surface area contributed by atoms with Gasteiger partial charge in [-0.15, -0.1) is 0 Å². The molecule has 1 saturated heterocycles. The molecule has 1 fully saturated rings. The van der Waals surface area contributed by atoms with Crippen molar-refractivity contribution < 1.29 is 83.1 Å². The first-order valence-corrected chi connectivity index (χ1v) is 24.8. The molecule has 0 unspecified atom stereocenters. The lowest BCUT2D eigenvalue weighted by Crippen LogP contribution is -2.50. The number of carbonyl (C=O) groups is 6. The number of rotatable bonds is 31. The number of benzene rings is 2. The van der Waals surface area contributed by atoms with Crippen molar-refractivity contribution in [2.75, 3.05) is 150 Å². The Balaban J connectivity index is 1.34. The quantitative estimate of drug-likeness (QED) is 0.0286. The average molecular weight is 1090 g/mol. The molecule has 76 heavy (non-hydrogen) atoms. The first-order valence-electron chi connectivity index (χ1n) is 24.5. The van der Waals surface area contributed by atoms with Crippen molar-refractivity contribution in [1.82, 2.24) is 34.8 Å². The fourth-order valence-corrected chi connectivity index (χ4v) is 8.14. The van der Waals surface area contributed by atoms with E-state index >= 15 is 0 Å². The molecule has 1 atom stereocenters. The number of amides is 3. The molecule has 1 aromatic heterocycles. The number of nitrogens with one attached hydrogen (secondary N) is 3. The van der Waals surface area contributed by atoms with Gasteiger partial charge in [0.25, 0.3) is 5.56 Å². The second kappa shape index (κ2) is 33.4.